The highest BCUT2D eigenvalue weighted by atomic mass is 32.1. The predicted octanol–water partition coefficient (Wildman–Crippen LogP) is 4.49. The highest BCUT2D eigenvalue weighted by Crippen LogP contribution is 2.23. The van der Waals surface area contributed by atoms with Crippen molar-refractivity contribution in [1.82, 2.24) is 5.32 Å². The zero-order valence-corrected chi connectivity index (χ0v) is 15.3. The lowest BCUT2D eigenvalue weighted by Crippen LogP contribution is -2.41. The largest absolute Gasteiger partial charge is 0.446 e. The molecule has 0 bridgehead atoms. The van der Waals surface area contributed by atoms with E-state index in [4.69, 9.17) is 4.74 Å². The minimum atomic E-state index is -0.567. The molecule has 26 heavy (non-hydrogen) atoms. The molecule has 0 unspecified atom stereocenters. The van der Waals surface area contributed by atoms with E-state index in [1.165, 1.54) is 35.6 Å². The number of aryl methyl sites for hydroxylation is 1. The fourth-order valence-electron chi connectivity index (χ4n) is 3.02. The number of carbonyl (C=O) groups is 2. The molecular weight excluding hydrogens is 355 g/mol. The molecule has 138 valence electrons. The minimum Gasteiger partial charge on any atom is -0.446 e. The normalized spacial score (nSPS) is 19.6. The third-order valence-corrected chi connectivity index (χ3v) is 5.33. The summed E-state index contributed by atoms with van der Waals surface area (Å²) in [6.07, 6.45) is 2.29. The quantitative estimate of drug-likeness (QED) is 0.826. The first kappa shape index (κ1) is 18.4. The van der Waals surface area contributed by atoms with E-state index in [2.05, 4.69) is 10.6 Å². The van der Waals surface area contributed by atoms with Gasteiger partial charge in [-0.2, -0.15) is 0 Å². The topological polar surface area (TPSA) is 67.4 Å². The van der Waals surface area contributed by atoms with Crippen LogP contribution in [0.2, 0.25) is 0 Å². The molecule has 3 rings (SSSR count). The predicted molar refractivity (Wildman–Crippen MR) is 99.1 cm³/mol. The molecule has 1 heterocycles. The Kier molecular flexibility index (Phi) is 5.88. The van der Waals surface area contributed by atoms with Crippen LogP contribution < -0.4 is 10.6 Å². The van der Waals surface area contributed by atoms with Crippen molar-refractivity contribution in [3.8, 4) is 0 Å². The molecule has 7 heteroatoms. The third kappa shape index (κ3) is 5.05. The van der Waals surface area contributed by atoms with Crippen LogP contribution >= 0.6 is 11.3 Å². The molecule has 1 aromatic carbocycles. The summed E-state index contributed by atoms with van der Waals surface area (Å²) < 4.78 is 18.3. The fraction of sp³-hybridized carbons (Fsp3) is 0.368. The second-order valence-corrected chi connectivity index (χ2v) is 7.40. The standard InChI is InChI=1S/C19H21FN2O3S/c1-12-9-17(26-11-12)18(23)21-15-3-2-4-16(10-15)25-19(24)22-14-7-5-13(20)6-8-14/h5-9,11,15-16H,2-4,10H2,1H3,(H,21,23)(H,22,24)/t15-,16-/m1/s1. The average molecular weight is 376 g/mol. The van der Waals surface area contributed by atoms with Gasteiger partial charge in [-0.05, 0) is 67.5 Å². The second kappa shape index (κ2) is 8.31. The Morgan fingerprint density at radius 3 is 2.69 bits per heavy atom. The number of benzene rings is 1. The summed E-state index contributed by atoms with van der Waals surface area (Å²) >= 11 is 1.43. The van der Waals surface area contributed by atoms with Gasteiger partial charge in [0.1, 0.15) is 11.9 Å². The van der Waals surface area contributed by atoms with E-state index >= 15 is 0 Å². The minimum absolute atomic E-state index is 0.0118. The van der Waals surface area contributed by atoms with Gasteiger partial charge in [0.25, 0.3) is 5.91 Å². The number of hydrogen-bond donors (Lipinski definition) is 2. The number of ether oxygens (including phenoxy) is 1. The van der Waals surface area contributed by atoms with Crippen LogP contribution in [0.25, 0.3) is 0 Å². The molecule has 0 radical (unpaired) electrons. The van der Waals surface area contributed by atoms with Crippen LogP contribution in [-0.2, 0) is 4.74 Å². The number of halogens is 1. The maximum absolute atomic E-state index is 12.9. The van der Waals surface area contributed by atoms with Crippen LogP contribution in [0, 0.1) is 12.7 Å². The van der Waals surface area contributed by atoms with Crippen LogP contribution in [0.4, 0.5) is 14.9 Å². The van der Waals surface area contributed by atoms with Crippen LogP contribution in [0.3, 0.4) is 0 Å². The van der Waals surface area contributed by atoms with E-state index in [1.54, 1.807) is 0 Å². The van der Waals surface area contributed by atoms with Crippen LogP contribution in [-0.4, -0.2) is 24.1 Å². The van der Waals surface area contributed by atoms with Gasteiger partial charge in [0, 0.05) is 18.2 Å². The van der Waals surface area contributed by atoms with Gasteiger partial charge in [-0.25, -0.2) is 9.18 Å². The molecule has 1 fully saturated rings. The second-order valence-electron chi connectivity index (χ2n) is 6.48. The highest BCUT2D eigenvalue weighted by molar-refractivity contribution is 7.12. The van der Waals surface area contributed by atoms with Gasteiger partial charge in [-0.1, -0.05) is 0 Å². The Morgan fingerprint density at radius 2 is 2.00 bits per heavy atom. The fourth-order valence-corrected chi connectivity index (χ4v) is 3.82. The molecule has 0 spiro atoms. The molecule has 2 atom stereocenters. The molecule has 0 aliphatic heterocycles. The maximum Gasteiger partial charge on any atom is 0.411 e. The number of nitrogens with one attached hydrogen (secondary N) is 2. The lowest BCUT2D eigenvalue weighted by Gasteiger charge is -2.29. The SMILES string of the molecule is Cc1csc(C(=O)N[C@@H]2CCC[C@@H](OC(=O)Nc3ccc(F)cc3)C2)c1. The summed E-state index contributed by atoms with van der Waals surface area (Å²) in [5, 5.41) is 7.56. The van der Waals surface area contributed by atoms with E-state index < -0.39 is 6.09 Å². The summed E-state index contributed by atoms with van der Waals surface area (Å²) in [4.78, 5) is 25.0. The van der Waals surface area contributed by atoms with Gasteiger partial charge < -0.3 is 10.1 Å². The molecule has 0 saturated heterocycles. The average Bonchev–Trinajstić information content (AvgIpc) is 3.04. The van der Waals surface area contributed by atoms with E-state index in [0.717, 1.165) is 24.8 Å². The Hall–Kier alpha value is -2.41. The smallest absolute Gasteiger partial charge is 0.411 e. The zero-order valence-electron chi connectivity index (χ0n) is 14.5. The monoisotopic (exact) mass is 376 g/mol. The molecule has 1 aromatic heterocycles. The van der Waals surface area contributed by atoms with E-state index in [0.29, 0.717) is 17.0 Å². The number of carbonyl (C=O) groups excluding carboxylic acids is 2. The number of hydrogen-bond acceptors (Lipinski definition) is 4. The molecule has 1 saturated carbocycles. The van der Waals surface area contributed by atoms with Gasteiger partial charge in [0.2, 0.25) is 0 Å². The Bertz CT molecular complexity index is 775. The van der Waals surface area contributed by atoms with Crippen molar-refractivity contribution in [2.45, 2.75) is 44.8 Å². The van der Waals surface area contributed by atoms with Crippen molar-refractivity contribution in [1.29, 1.82) is 0 Å². The number of rotatable bonds is 4. The van der Waals surface area contributed by atoms with E-state index in [9.17, 15) is 14.0 Å². The zero-order chi connectivity index (χ0) is 18.5. The number of amides is 2. The Labute approximate surface area is 155 Å². The van der Waals surface area contributed by atoms with Gasteiger partial charge in [0.15, 0.2) is 0 Å². The molecule has 1 aliphatic rings. The molecule has 1 aliphatic carbocycles. The lowest BCUT2D eigenvalue weighted by molar-refractivity contribution is 0.0714. The number of anilines is 1. The van der Waals surface area contributed by atoms with E-state index in [1.807, 2.05) is 18.4 Å². The Balaban J connectivity index is 1.49. The van der Waals surface area contributed by atoms with Gasteiger partial charge >= 0.3 is 6.09 Å². The van der Waals surface area contributed by atoms with Crippen LogP contribution in [0.1, 0.15) is 40.9 Å². The van der Waals surface area contributed by atoms with Crippen LogP contribution in [0.5, 0.6) is 0 Å². The maximum atomic E-state index is 12.9. The van der Waals surface area contributed by atoms with Crippen molar-refractivity contribution >= 4 is 29.0 Å². The lowest BCUT2D eigenvalue weighted by atomic mass is 9.93. The summed E-state index contributed by atoms with van der Waals surface area (Å²) in [6.45, 7) is 1.96. The summed E-state index contributed by atoms with van der Waals surface area (Å²) in [5.41, 5.74) is 1.55. The molecule has 5 nitrogen and oxygen atoms in total. The van der Waals surface area contributed by atoms with Crippen molar-refractivity contribution in [3.63, 3.8) is 0 Å². The third-order valence-electron chi connectivity index (χ3n) is 4.28. The molecule has 2 N–H and O–H groups in total. The first-order valence-electron chi connectivity index (χ1n) is 8.59. The summed E-state index contributed by atoms with van der Waals surface area (Å²) in [5.74, 6) is -0.444. The molecule has 2 aromatic rings. The van der Waals surface area contributed by atoms with E-state index in [-0.39, 0.29) is 23.9 Å². The van der Waals surface area contributed by atoms with Crippen molar-refractivity contribution in [2.24, 2.45) is 0 Å². The van der Waals surface area contributed by atoms with Crippen molar-refractivity contribution in [2.75, 3.05) is 5.32 Å². The molecular formula is C19H21FN2O3S. The van der Waals surface area contributed by atoms with Gasteiger partial charge in [-0.3, -0.25) is 10.1 Å². The summed E-state index contributed by atoms with van der Waals surface area (Å²) in [6, 6.07) is 7.35. The molecule has 2 amide bonds. The van der Waals surface area contributed by atoms with Gasteiger partial charge in [0.05, 0.1) is 4.88 Å². The first-order chi connectivity index (χ1) is 12.5. The first-order valence-corrected chi connectivity index (χ1v) is 9.47. The van der Waals surface area contributed by atoms with Gasteiger partial charge in [-0.15, -0.1) is 11.3 Å². The van der Waals surface area contributed by atoms with Crippen LogP contribution in [0.15, 0.2) is 35.7 Å². The van der Waals surface area contributed by atoms with Crippen molar-refractivity contribution in [3.05, 3.63) is 52.0 Å². The summed E-state index contributed by atoms with van der Waals surface area (Å²) in [7, 11) is 0. The number of thiophene rings is 1. The highest BCUT2D eigenvalue weighted by Gasteiger charge is 2.26. The Morgan fingerprint density at radius 1 is 1.23 bits per heavy atom. The van der Waals surface area contributed by atoms with Crippen molar-refractivity contribution < 1.29 is 18.7 Å².